The minimum absolute atomic E-state index is 0.242. The minimum atomic E-state index is -0.534. The molecule has 154 valence electrons. The van der Waals surface area contributed by atoms with E-state index in [-0.39, 0.29) is 6.61 Å². The fourth-order valence-electron chi connectivity index (χ4n) is 3.08. The fraction of sp³-hybridized carbons (Fsp3) is 0.500. The molecule has 0 bridgehead atoms. The van der Waals surface area contributed by atoms with E-state index >= 15 is 0 Å². The second kappa shape index (κ2) is 11.6. The smallest absolute Gasteiger partial charge is 0.161 e. The maximum Gasteiger partial charge on any atom is 0.161 e. The van der Waals surface area contributed by atoms with E-state index in [1.54, 1.807) is 7.11 Å². The molecular weight excluding hydrogens is 354 g/mol. The van der Waals surface area contributed by atoms with Gasteiger partial charge in [-0.1, -0.05) is 26.0 Å². The average Bonchev–Trinajstić information content (AvgIpc) is 2.71. The van der Waals surface area contributed by atoms with E-state index in [1.807, 2.05) is 42.6 Å². The van der Waals surface area contributed by atoms with Gasteiger partial charge in [0.1, 0.15) is 12.7 Å². The standard InChI is InChI=1S/C22H33N3O3/c1-5-25(6-2)16-20(26)17-28-21-11-10-18(13-22(21)27-4)14-24(3)15-19-9-7-8-12-23-19/h7-13,20,26H,5-6,14-17H2,1-4H3/t20-/m1/s1. The third-order valence-corrected chi connectivity index (χ3v) is 4.63. The molecule has 1 aromatic carbocycles. The second-order valence-electron chi connectivity index (χ2n) is 6.93. The average molecular weight is 388 g/mol. The molecule has 0 unspecified atom stereocenters. The lowest BCUT2D eigenvalue weighted by Gasteiger charge is -2.22. The van der Waals surface area contributed by atoms with Gasteiger partial charge in [0.15, 0.2) is 11.5 Å². The largest absolute Gasteiger partial charge is 0.493 e. The number of methoxy groups -OCH3 is 1. The molecule has 0 amide bonds. The molecule has 6 nitrogen and oxygen atoms in total. The van der Waals surface area contributed by atoms with Crippen molar-refractivity contribution in [3.63, 3.8) is 0 Å². The van der Waals surface area contributed by atoms with Crippen molar-refractivity contribution in [3.8, 4) is 11.5 Å². The lowest BCUT2D eigenvalue weighted by molar-refractivity contribution is 0.0705. The molecule has 0 saturated heterocycles. The summed E-state index contributed by atoms with van der Waals surface area (Å²) in [6, 6.07) is 11.9. The van der Waals surface area contributed by atoms with Crippen LogP contribution in [0.2, 0.25) is 0 Å². The van der Waals surface area contributed by atoms with Gasteiger partial charge in [0.25, 0.3) is 0 Å². The van der Waals surface area contributed by atoms with E-state index in [2.05, 4.69) is 35.7 Å². The Morgan fingerprint density at radius 1 is 1.07 bits per heavy atom. The monoisotopic (exact) mass is 387 g/mol. The summed E-state index contributed by atoms with van der Waals surface area (Å²) < 4.78 is 11.3. The van der Waals surface area contributed by atoms with Gasteiger partial charge in [-0.3, -0.25) is 9.88 Å². The molecule has 1 N–H and O–H groups in total. The lowest BCUT2D eigenvalue weighted by atomic mass is 10.2. The van der Waals surface area contributed by atoms with Gasteiger partial charge in [-0.25, -0.2) is 0 Å². The molecule has 1 atom stereocenters. The second-order valence-corrected chi connectivity index (χ2v) is 6.93. The maximum atomic E-state index is 10.2. The van der Waals surface area contributed by atoms with Crippen LogP contribution in [-0.2, 0) is 13.1 Å². The number of hydrogen-bond donors (Lipinski definition) is 1. The molecular formula is C22H33N3O3. The summed E-state index contributed by atoms with van der Waals surface area (Å²) >= 11 is 0. The molecule has 0 saturated carbocycles. The summed E-state index contributed by atoms with van der Waals surface area (Å²) in [5.74, 6) is 1.33. The van der Waals surface area contributed by atoms with Crippen LogP contribution < -0.4 is 9.47 Å². The van der Waals surface area contributed by atoms with Crippen LogP contribution in [0.5, 0.6) is 11.5 Å². The fourth-order valence-corrected chi connectivity index (χ4v) is 3.08. The van der Waals surface area contributed by atoms with Crippen molar-refractivity contribution in [1.29, 1.82) is 0 Å². The number of ether oxygens (including phenoxy) is 2. The van der Waals surface area contributed by atoms with E-state index in [4.69, 9.17) is 9.47 Å². The zero-order chi connectivity index (χ0) is 20.4. The Bertz CT molecular complexity index is 693. The maximum absolute atomic E-state index is 10.2. The van der Waals surface area contributed by atoms with Crippen LogP contribution in [0.4, 0.5) is 0 Å². The number of pyridine rings is 1. The summed E-state index contributed by atoms with van der Waals surface area (Å²) in [7, 11) is 3.70. The molecule has 0 spiro atoms. The topological polar surface area (TPSA) is 58.1 Å². The molecule has 2 rings (SSSR count). The molecule has 6 heteroatoms. The predicted octanol–water partition coefficient (Wildman–Crippen LogP) is 2.80. The van der Waals surface area contributed by atoms with Crippen molar-refractivity contribution in [1.82, 2.24) is 14.8 Å². The first-order valence-corrected chi connectivity index (χ1v) is 9.84. The quantitative estimate of drug-likeness (QED) is 0.604. The Labute approximate surface area is 168 Å². The highest BCUT2D eigenvalue weighted by molar-refractivity contribution is 5.43. The number of aliphatic hydroxyl groups is 1. The first-order valence-electron chi connectivity index (χ1n) is 9.84. The Morgan fingerprint density at radius 3 is 2.50 bits per heavy atom. The molecule has 1 aromatic heterocycles. The number of hydrogen-bond acceptors (Lipinski definition) is 6. The van der Waals surface area contributed by atoms with Crippen molar-refractivity contribution in [2.75, 3.05) is 40.4 Å². The number of aromatic nitrogens is 1. The van der Waals surface area contributed by atoms with Crippen molar-refractivity contribution in [2.45, 2.75) is 33.0 Å². The van der Waals surface area contributed by atoms with E-state index in [0.717, 1.165) is 37.4 Å². The van der Waals surface area contributed by atoms with Gasteiger partial charge in [0, 0.05) is 25.8 Å². The zero-order valence-electron chi connectivity index (χ0n) is 17.5. The normalized spacial score (nSPS) is 12.4. The SMILES string of the molecule is CCN(CC)C[C@@H](O)COc1ccc(CN(C)Cc2ccccn2)cc1OC. The van der Waals surface area contributed by atoms with Crippen LogP contribution in [0.15, 0.2) is 42.6 Å². The molecule has 0 aliphatic rings. The molecule has 0 radical (unpaired) electrons. The molecule has 0 fully saturated rings. The number of rotatable bonds is 12. The van der Waals surface area contributed by atoms with Crippen molar-refractivity contribution in [2.24, 2.45) is 0 Å². The lowest BCUT2D eigenvalue weighted by Crippen LogP contribution is -2.35. The van der Waals surface area contributed by atoms with Crippen molar-refractivity contribution >= 4 is 0 Å². The van der Waals surface area contributed by atoms with Gasteiger partial charge in [0.2, 0.25) is 0 Å². The van der Waals surface area contributed by atoms with Crippen LogP contribution in [0, 0.1) is 0 Å². The number of nitrogens with zero attached hydrogens (tertiary/aromatic N) is 3. The van der Waals surface area contributed by atoms with E-state index in [0.29, 0.717) is 18.0 Å². The Morgan fingerprint density at radius 2 is 1.86 bits per heavy atom. The summed E-state index contributed by atoms with van der Waals surface area (Å²) in [5.41, 5.74) is 2.17. The third kappa shape index (κ3) is 7.11. The van der Waals surface area contributed by atoms with Gasteiger partial charge in [-0.05, 0) is 50.0 Å². The minimum Gasteiger partial charge on any atom is -0.493 e. The van der Waals surface area contributed by atoms with Crippen LogP contribution in [0.25, 0.3) is 0 Å². The molecule has 28 heavy (non-hydrogen) atoms. The van der Waals surface area contributed by atoms with Crippen molar-refractivity contribution in [3.05, 3.63) is 53.9 Å². The molecule has 2 aromatic rings. The first kappa shape index (κ1) is 22.1. The van der Waals surface area contributed by atoms with E-state index in [1.165, 1.54) is 0 Å². The van der Waals surface area contributed by atoms with Gasteiger partial charge < -0.3 is 19.5 Å². The summed E-state index contributed by atoms with van der Waals surface area (Å²) in [4.78, 5) is 8.74. The highest BCUT2D eigenvalue weighted by atomic mass is 16.5. The Kier molecular flexibility index (Phi) is 9.20. The third-order valence-electron chi connectivity index (χ3n) is 4.63. The predicted molar refractivity (Wildman–Crippen MR) is 112 cm³/mol. The molecule has 0 aliphatic carbocycles. The highest BCUT2D eigenvalue weighted by Crippen LogP contribution is 2.28. The van der Waals surface area contributed by atoms with Crippen LogP contribution in [-0.4, -0.2) is 66.4 Å². The number of aliphatic hydroxyl groups excluding tert-OH is 1. The van der Waals surface area contributed by atoms with Gasteiger partial charge in [-0.2, -0.15) is 0 Å². The first-order chi connectivity index (χ1) is 13.5. The van der Waals surface area contributed by atoms with E-state index < -0.39 is 6.10 Å². The van der Waals surface area contributed by atoms with Gasteiger partial charge in [-0.15, -0.1) is 0 Å². The number of benzene rings is 1. The Hall–Kier alpha value is -2.15. The molecule has 0 aliphatic heterocycles. The molecule has 1 heterocycles. The van der Waals surface area contributed by atoms with Gasteiger partial charge >= 0.3 is 0 Å². The van der Waals surface area contributed by atoms with Crippen LogP contribution >= 0.6 is 0 Å². The van der Waals surface area contributed by atoms with E-state index in [9.17, 15) is 5.11 Å². The summed E-state index contributed by atoms with van der Waals surface area (Å²) in [6.07, 6.45) is 1.28. The zero-order valence-corrected chi connectivity index (χ0v) is 17.5. The van der Waals surface area contributed by atoms with Crippen molar-refractivity contribution < 1.29 is 14.6 Å². The van der Waals surface area contributed by atoms with Crippen LogP contribution in [0.3, 0.4) is 0 Å². The summed E-state index contributed by atoms with van der Waals surface area (Å²) in [5, 5.41) is 10.2. The summed E-state index contributed by atoms with van der Waals surface area (Å²) in [6.45, 7) is 8.40. The van der Waals surface area contributed by atoms with Crippen LogP contribution in [0.1, 0.15) is 25.1 Å². The highest BCUT2D eigenvalue weighted by Gasteiger charge is 2.13. The Balaban J connectivity index is 1.92. The van der Waals surface area contributed by atoms with Gasteiger partial charge in [0.05, 0.1) is 12.8 Å². The number of likely N-dealkylation sites (N-methyl/N-ethyl adjacent to an activating group) is 1.